The Kier molecular flexibility index (Phi) is 5.61. The number of nitriles is 1. The number of pyridine rings is 1. The standard InChI is InChI=1S/C25H24N6O2/c26-14-19-20(18-7-4-10-27-15-18)21-22(28-23(19)32)29-25(30-24(21)33)31-11-8-17(9-12-31)13-16-5-2-1-3-6-16/h1-7,10,15,17,19-20H,8-9,11-13H2,(H2,28,29,30,32,33). The number of nitrogens with one attached hydrogen (secondary N) is 2. The first-order valence-electron chi connectivity index (χ1n) is 11.2. The number of H-pyrrole nitrogens is 1. The molecule has 5 rings (SSSR count). The summed E-state index contributed by atoms with van der Waals surface area (Å²) in [7, 11) is 0. The molecule has 0 aliphatic carbocycles. The highest BCUT2D eigenvalue weighted by Gasteiger charge is 2.40. The monoisotopic (exact) mass is 440 g/mol. The molecule has 2 unspecified atom stereocenters. The molecule has 2 aromatic heterocycles. The lowest BCUT2D eigenvalue weighted by molar-refractivity contribution is -0.119. The minimum atomic E-state index is -1.02. The van der Waals surface area contributed by atoms with Crippen LogP contribution in [0.1, 0.15) is 35.4 Å². The Morgan fingerprint density at radius 3 is 2.58 bits per heavy atom. The first-order valence-corrected chi connectivity index (χ1v) is 11.2. The summed E-state index contributed by atoms with van der Waals surface area (Å²) >= 11 is 0. The number of aromatic nitrogens is 3. The van der Waals surface area contributed by atoms with Crippen molar-refractivity contribution in [1.82, 2.24) is 15.0 Å². The molecule has 2 atom stereocenters. The van der Waals surface area contributed by atoms with Gasteiger partial charge in [-0.1, -0.05) is 36.4 Å². The van der Waals surface area contributed by atoms with E-state index in [4.69, 9.17) is 0 Å². The zero-order chi connectivity index (χ0) is 22.8. The molecule has 2 aliphatic rings. The van der Waals surface area contributed by atoms with Gasteiger partial charge < -0.3 is 10.2 Å². The Morgan fingerprint density at radius 2 is 1.88 bits per heavy atom. The van der Waals surface area contributed by atoms with Gasteiger partial charge in [-0.15, -0.1) is 0 Å². The molecule has 0 radical (unpaired) electrons. The van der Waals surface area contributed by atoms with E-state index in [1.54, 1.807) is 24.5 Å². The van der Waals surface area contributed by atoms with Crippen LogP contribution in [0, 0.1) is 23.2 Å². The van der Waals surface area contributed by atoms with Crippen LogP contribution in [0.4, 0.5) is 11.8 Å². The molecule has 1 saturated heterocycles. The Balaban J connectivity index is 1.40. The van der Waals surface area contributed by atoms with E-state index in [-0.39, 0.29) is 11.4 Å². The van der Waals surface area contributed by atoms with Crippen molar-refractivity contribution in [3.05, 3.63) is 81.9 Å². The second kappa shape index (κ2) is 8.87. The summed E-state index contributed by atoms with van der Waals surface area (Å²) in [5.41, 5.74) is 1.95. The lowest BCUT2D eigenvalue weighted by Gasteiger charge is -2.34. The van der Waals surface area contributed by atoms with Gasteiger partial charge in [0.2, 0.25) is 11.9 Å². The van der Waals surface area contributed by atoms with Gasteiger partial charge in [0.25, 0.3) is 5.56 Å². The van der Waals surface area contributed by atoms with Crippen LogP contribution >= 0.6 is 0 Å². The first-order chi connectivity index (χ1) is 16.1. The topological polar surface area (TPSA) is 115 Å². The summed E-state index contributed by atoms with van der Waals surface area (Å²) < 4.78 is 0. The fourth-order valence-corrected chi connectivity index (χ4v) is 4.87. The van der Waals surface area contributed by atoms with Gasteiger partial charge in [0.15, 0.2) is 0 Å². The summed E-state index contributed by atoms with van der Waals surface area (Å²) in [4.78, 5) is 39.5. The maximum absolute atomic E-state index is 13.2. The quantitative estimate of drug-likeness (QED) is 0.645. The predicted octanol–water partition coefficient (Wildman–Crippen LogP) is 2.85. The van der Waals surface area contributed by atoms with Crippen molar-refractivity contribution in [1.29, 1.82) is 5.26 Å². The molecule has 0 spiro atoms. The summed E-state index contributed by atoms with van der Waals surface area (Å²) in [6, 6.07) is 16.0. The number of fused-ring (bicyclic) bond motifs is 1. The number of amides is 1. The lowest BCUT2D eigenvalue weighted by Crippen LogP contribution is -2.41. The number of carbonyl (C=O) groups is 1. The highest BCUT2D eigenvalue weighted by molar-refractivity contribution is 5.97. The van der Waals surface area contributed by atoms with E-state index in [1.165, 1.54) is 5.56 Å². The minimum absolute atomic E-state index is 0.227. The van der Waals surface area contributed by atoms with Gasteiger partial charge in [-0.3, -0.25) is 19.6 Å². The summed E-state index contributed by atoms with van der Waals surface area (Å²) in [6.07, 6.45) is 6.23. The van der Waals surface area contributed by atoms with Gasteiger partial charge in [-0.05, 0) is 42.4 Å². The van der Waals surface area contributed by atoms with E-state index in [1.807, 2.05) is 12.1 Å². The third kappa shape index (κ3) is 4.10. The number of rotatable bonds is 4. The van der Waals surface area contributed by atoms with Crippen molar-refractivity contribution in [2.45, 2.75) is 25.2 Å². The smallest absolute Gasteiger partial charge is 0.258 e. The van der Waals surface area contributed by atoms with Gasteiger partial charge in [0.1, 0.15) is 11.7 Å². The number of carbonyl (C=O) groups excluding carboxylic acids is 1. The van der Waals surface area contributed by atoms with Gasteiger partial charge in [-0.25, -0.2) is 0 Å². The van der Waals surface area contributed by atoms with Gasteiger partial charge in [0.05, 0.1) is 11.6 Å². The molecule has 166 valence electrons. The van der Waals surface area contributed by atoms with E-state index in [0.717, 1.165) is 32.4 Å². The largest absolute Gasteiger partial charge is 0.342 e. The maximum atomic E-state index is 13.2. The number of anilines is 2. The van der Waals surface area contributed by atoms with Crippen LogP contribution in [-0.2, 0) is 11.2 Å². The summed E-state index contributed by atoms with van der Waals surface area (Å²) in [6.45, 7) is 1.56. The molecule has 2 N–H and O–H groups in total. The van der Waals surface area contributed by atoms with Gasteiger partial charge >= 0.3 is 0 Å². The molecule has 8 heteroatoms. The van der Waals surface area contributed by atoms with E-state index in [2.05, 4.69) is 49.4 Å². The normalized spacial score (nSPS) is 20.6. The molecule has 1 fully saturated rings. The average Bonchev–Trinajstić information content (AvgIpc) is 2.84. The molecule has 0 bridgehead atoms. The van der Waals surface area contributed by atoms with Crippen LogP contribution in [0.25, 0.3) is 0 Å². The highest BCUT2D eigenvalue weighted by atomic mass is 16.2. The Hall–Kier alpha value is -3.99. The minimum Gasteiger partial charge on any atom is -0.342 e. The number of aromatic amines is 1. The van der Waals surface area contributed by atoms with Crippen LogP contribution in [0.5, 0.6) is 0 Å². The Bertz CT molecular complexity index is 1240. The van der Waals surface area contributed by atoms with Gasteiger partial charge in [-0.2, -0.15) is 10.2 Å². The van der Waals surface area contributed by atoms with Crippen molar-refractivity contribution in [2.75, 3.05) is 23.3 Å². The lowest BCUT2D eigenvalue weighted by atomic mass is 9.80. The van der Waals surface area contributed by atoms with Crippen LogP contribution in [-0.4, -0.2) is 33.9 Å². The van der Waals surface area contributed by atoms with E-state index in [0.29, 0.717) is 23.0 Å². The van der Waals surface area contributed by atoms with Crippen molar-refractivity contribution in [3.63, 3.8) is 0 Å². The van der Waals surface area contributed by atoms with Crippen LogP contribution in [0.15, 0.2) is 59.7 Å². The predicted molar refractivity (Wildman–Crippen MR) is 124 cm³/mol. The zero-order valence-corrected chi connectivity index (χ0v) is 18.1. The molecule has 3 aromatic rings. The molecular weight excluding hydrogens is 416 g/mol. The first kappa shape index (κ1) is 20.9. The van der Waals surface area contributed by atoms with Crippen LogP contribution < -0.4 is 15.8 Å². The molecule has 2 aliphatic heterocycles. The Labute approximate surface area is 191 Å². The molecule has 1 amide bonds. The van der Waals surface area contributed by atoms with Crippen molar-refractivity contribution >= 4 is 17.7 Å². The molecular formula is C25H24N6O2. The second-order valence-corrected chi connectivity index (χ2v) is 8.63. The third-order valence-corrected chi connectivity index (χ3v) is 6.58. The number of hydrogen-bond donors (Lipinski definition) is 2. The van der Waals surface area contributed by atoms with Gasteiger partial charge in [0, 0.05) is 31.4 Å². The fourth-order valence-electron chi connectivity index (χ4n) is 4.87. The zero-order valence-electron chi connectivity index (χ0n) is 18.1. The number of nitrogens with zero attached hydrogens (tertiary/aromatic N) is 4. The van der Waals surface area contributed by atoms with E-state index >= 15 is 0 Å². The summed E-state index contributed by atoms with van der Waals surface area (Å²) in [5, 5.41) is 12.3. The molecule has 33 heavy (non-hydrogen) atoms. The second-order valence-electron chi connectivity index (χ2n) is 8.63. The number of piperidine rings is 1. The average molecular weight is 441 g/mol. The fraction of sp³-hybridized carbons (Fsp3) is 0.320. The SMILES string of the molecule is N#CC1C(=O)Nc2nc(N3CCC(Cc4ccccc4)CC3)[nH]c(=O)c2C1c1cccnc1. The number of hydrogen-bond acceptors (Lipinski definition) is 6. The summed E-state index contributed by atoms with van der Waals surface area (Å²) in [5.74, 6) is -0.926. The van der Waals surface area contributed by atoms with Crippen LogP contribution in [0.2, 0.25) is 0 Å². The Morgan fingerprint density at radius 1 is 1.09 bits per heavy atom. The van der Waals surface area contributed by atoms with Crippen molar-refractivity contribution in [3.8, 4) is 6.07 Å². The van der Waals surface area contributed by atoms with Crippen molar-refractivity contribution in [2.24, 2.45) is 11.8 Å². The van der Waals surface area contributed by atoms with Crippen LogP contribution in [0.3, 0.4) is 0 Å². The molecule has 1 aromatic carbocycles. The van der Waals surface area contributed by atoms with E-state index in [9.17, 15) is 14.9 Å². The maximum Gasteiger partial charge on any atom is 0.258 e. The van der Waals surface area contributed by atoms with Crippen molar-refractivity contribution < 1.29 is 4.79 Å². The number of benzene rings is 1. The molecule has 0 saturated carbocycles. The highest BCUT2D eigenvalue weighted by Crippen LogP contribution is 2.38. The molecule has 8 nitrogen and oxygen atoms in total. The molecule has 4 heterocycles. The van der Waals surface area contributed by atoms with E-state index < -0.39 is 17.7 Å². The third-order valence-electron chi connectivity index (χ3n) is 6.58.